The van der Waals surface area contributed by atoms with Crippen molar-refractivity contribution in [3.63, 3.8) is 0 Å². The number of rotatable bonds is 6. The summed E-state index contributed by atoms with van der Waals surface area (Å²) < 4.78 is 6.07. The molecule has 3 N–H and O–H groups in total. The Morgan fingerprint density at radius 3 is 2.47 bits per heavy atom. The van der Waals surface area contributed by atoms with Gasteiger partial charge in [-0.25, -0.2) is 15.0 Å². The number of fused-ring (bicyclic) bond motifs is 1. The smallest absolute Gasteiger partial charge is 0.228 e. The third kappa shape index (κ3) is 4.30. The van der Waals surface area contributed by atoms with E-state index in [0.717, 1.165) is 33.3 Å². The van der Waals surface area contributed by atoms with Crippen molar-refractivity contribution >= 4 is 39.6 Å². The van der Waals surface area contributed by atoms with Crippen LogP contribution in [-0.4, -0.2) is 25.1 Å². The first kappa shape index (κ1) is 21.6. The van der Waals surface area contributed by atoms with Crippen LogP contribution in [0, 0.1) is 0 Å². The second-order valence-electron chi connectivity index (χ2n) is 7.86. The van der Waals surface area contributed by atoms with Gasteiger partial charge in [0.1, 0.15) is 11.4 Å². The number of nitrogens with zero attached hydrogens (tertiary/aromatic N) is 5. The van der Waals surface area contributed by atoms with Crippen LogP contribution in [0.25, 0.3) is 33.3 Å². The van der Waals surface area contributed by atoms with Gasteiger partial charge in [0.25, 0.3) is 0 Å². The third-order valence-corrected chi connectivity index (χ3v) is 6.22. The summed E-state index contributed by atoms with van der Waals surface area (Å²) in [5.74, 6) is 1.94. The van der Waals surface area contributed by atoms with Crippen LogP contribution in [0.4, 0.5) is 17.5 Å². The summed E-state index contributed by atoms with van der Waals surface area (Å²) in [7, 11) is 0. The quantitative estimate of drug-likeness (QED) is 0.279. The highest BCUT2D eigenvalue weighted by Crippen LogP contribution is 2.33. The molecule has 0 amide bonds. The van der Waals surface area contributed by atoms with E-state index in [2.05, 4.69) is 48.0 Å². The van der Waals surface area contributed by atoms with Crippen molar-refractivity contribution in [2.75, 3.05) is 11.1 Å². The summed E-state index contributed by atoms with van der Waals surface area (Å²) in [5.41, 5.74) is 9.90. The molecule has 6 rings (SSSR count). The van der Waals surface area contributed by atoms with Gasteiger partial charge in [-0.1, -0.05) is 24.3 Å². The van der Waals surface area contributed by atoms with E-state index in [-0.39, 0.29) is 5.95 Å². The third-order valence-electron chi connectivity index (χ3n) is 5.53. The van der Waals surface area contributed by atoms with Gasteiger partial charge in [0.2, 0.25) is 11.8 Å². The van der Waals surface area contributed by atoms with Gasteiger partial charge in [-0.2, -0.15) is 11.3 Å². The van der Waals surface area contributed by atoms with Gasteiger partial charge in [0.05, 0.1) is 11.3 Å². The molecule has 36 heavy (non-hydrogen) atoms. The molecule has 4 aromatic heterocycles. The molecule has 0 aliphatic carbocycles. The molecular formula is C27H19N7OS. The van der Waals surface area contributed by atoms with E-state index in [1.165, 1.54) is 0 Å². The first-order valence-corrected chi connectivity index (χ1v) is 12.1. The van der Waals surface area contributed by atoms with Crippen molar-refractivity contribution in [3.05, 3.63) is 96.0 Å². The number of nitrogens with two attached hydrogens (primary N) is 1. The Morgan fingerprint density at radius 1 is 0.806 bits per heavy atom. The molecule has 4 heterocycles. The van der Waals surface area contributed by atoms with E-state index >= 15 is 0 Å². The number of benzene rings is 2. The van der Waals surface area contributed by atoms with E-state index in [1.807, 2.05) is 60.0 Å². The minimum absolute atomic E-state index is 0.191. The lowest BCUT2D eigenvalue weighted by atomic mass is 10.1. The number of pyridine rings is 1. The van der Waals surface area contributed by atoms with Crippen molar-refractivity contribution < 1.29 is 4.74 Å². The number of hydrogen-bond donors (Lipinski definition) is 2. The van der Waals surface area contributed by atoms with Crippen LogP contribution in [-0.2, 0) is 0 Å². The lowest BCUT2D eigenvalue weighted by Gasteiger charge is -2.12. The van der Waals surface area contributed by atoms with Gasteiger partial charge >= 0.3 is 0 Å². The molecule has 174 valence electrons. The van der Waals surface area contributed by atoms with Crippen LogP contribution in [0.2, 0.25) is 0 Å². The normalized spacial score (nSPS) is 10.9. The molecule has 0 bridgehead atoms. The molecule has 2 aromatic carbocycles. The minimum atomic E-state index is 0.191. The fourth-order valence-corrected chi connectivity index (χ4v) is 4.49. The first-order chi connectivity index (χ1) is 17.7. The van der Waals surface area contributed by atoms with Gasteiger partial charge in [-0.05, 0) is 53.9 Å². The van der Waals surface area contributed by atoms with E-state index < -0.39 is 0 Å². The van der Waals surface area contributed by atoms with Crippen LogP contribution in [0.15, 0.2) is 96.0 Å². The molecule has 0 saturated carbocycles. The molecule has 0 atom stereocenters. The molecule has 0 fully saturated rings. The van der Waals surface area contributed by atoms with Crippen LogP contribution < -0.4 is 15.8 Å². The zero-order valence-corrected chi connectivity index (χ0v) is 19.7. The zero-order valence-electron chi connectivity index (χ0n) is 18.9. The first-order valence-electron chi connectivity index (χ1n) is 11.1. The number of aromatic nitrogens is 5. The van der Waals surface area contributed by atoms with E-state index in [1.54, 1.807) is 29.8 Å². The van der Waals surface area contributed by atoms with Crippen molar-refractivity contribution in [1.82, 2.24) is 25.1 Å². The van der Waals surface area contributed by atoms with Crippen LogP contribution >= 0.6 is 11.3 Å². The van der Waals surface area contributed by atoms with Gasteiger partial charge in [-0.3, -0.25) is 0 Å². The number of nitrogens with one attached hydrogen (secondary N) is 1. The van der Waals surface area contributed by atoms with Crippen LogP contribution in [0.5, 0.6) is 11.6 Å². The maximum atomic E-state index is 6.07. The summed E-state index contributed by atoms with van der Waals surface area (Å²) in [5, 5.41) is 18.5. The maximum Gasteiger partial charge on any atom is 0.228 e. The summed E-state index contributed by atoms with van der Waals surface area (Å²) in [6.45, 7) is 0. The molecule has 0 saturated heterocycles. The fraction of sp³-hybridized carbons (Fsp3) is 0. The molecule has 0 radical (unpaired) electrons. The summed E-state index contributed by atoms with van der Waals surface area (Å²) in [6.07, 6.45) is 3.28. The van der Waals surface area contributed by atoms with E-state index in [0.29, 0.717) is 23.1 Å². The Kier molecular flexibility index (Phi) is 5.65. The number of ether oxygens (including phenoxy) is 1. The SMILES string of the molecule is Nc1nccc(-c2cccnc2Oc2ccc(Nc3nnc(-c4ccsc4)c4ccccc34)cc2)n1. The van der Waals surface area contributed by atoms with Crippen LogP contribution in [0.3, 0.4) is 0 Å². The molecular weight excluding hydrogens is 470 g/mol. The van der Waals surface area contributed by atoms with Crippen molar-refractivity contribution in [1.29, 1.82) is 0 Å². The number of hydrogen-bond acceptors (Lipinski definition) is 9. The minimum Gasteiger partial charge on any atom is -0.438 e. The number of nitrogen functional groups attached to an aromatic ring is 1. The second kappa shape index (κ2) is 9.40. The van der Waals surface area contributed by atoms with Gasteiger partial charge in [-0.15, -0.1) is 10.2 Å². The molecule has 0 spiro atoms. The average Bonchev–Trinajstić information content (AvgIpc) is 3.45. The van der Waals surface area contributed by atoms with Gasteiger partial charge in [0.15, 0.2) is 5.82 Å². The summed E-state index contributed by atoms with van der Waals surface area (Å²) in [6, 6.07) is 23.2. The molecule has 0 aliphatic rings. The fourth-order valence-electron chi connectivity index (χ4n) is 3.85. The summed E-state index contributed by atoms with van der Waals surface area (Å²) >= 11 is 1.64. The monoisotopic (exact) mass is 489 g/mol. The topological polar surface area (TPSA) is 112 Å². The Hall–Kier alpha value is -4.89. The highest BCUT2D eigenvalue weighted by molar-refractivity contribution is 7.08. The lowest BCUT2D eigenvalue weighted by Crippen LogP contribution is -1.99. The predicted molar refractivity (Wildman–Crippen MR) is 142 cm³/mol. The molecule has 0 unspecified atom stereocenters. The highest BCUT2D eigenvalue weighted by atomic mass is 32.1. The number of thiophene rings is 1. The van der Waals surface area contributed by atoms with E-state index in [4.69, 9.17) is 10.5 Å². The molecule has 9 heteroatoms. The van der Waals surface area contributed by atoms with Crippen molar-refractivity contribution in [2.24, 2.45) is 0 Å². The Bertz CT molecular complexity index is 1650. The predicted octanol–water partition coefficient (Wildman–Crippen LogP) is 6.33. The molecule has 0 aliphatic heterocycles. The second-order valence-corrected chi connectivity index (χ2v) is 8.64. The van der Waals surface area contributed by atoms with Gasteiger partial charge in [0, 0.05) is 39.8 Å². The Labute approximate surface area is 210 Å². The Morgan fingerprint density at radius 2 is 1.67 bits per heavy atom. The number of anilines is 3. The zero-order chi connectivity index (χ0) is 24.3. The highest BCUT2D eigenvalue weighted by Gasteiger charge is 2.13. The van der Waals surface area contributed by atoms with Crippen molar-refractivity contribution in [2.45, 2.75) is 0 Å². The van der Waals surface area contributed by atoms with Crippen LogP contribution in [0.1, 0.15) is 0 Å². The largest absolute Gasteiger partial charge is 0.438 e. The van der Waals surface area contributed by atoms with Gasteiger partial charge < -0.3 is 15.8 Å². The molecule has 8 nitrogen and oxygen atoms in total. The Balaban J connectivity index is 1.26. The molecule has 6 aromatic rings. The maximum absolute atomic E-state index is 6.07. The standard InChI is InChI=1S/C27H19N7OS/c28-27-30-14-11-23(32-27)22-6-3-13-29-26(22)35-19-9-7-18(8-10-19)31-25-21-5-2-1-4-20(21)24(33-34-25)17-12-15-36-16-17/h1-16H,(H,31,34)(H2,28,30,32). The lowest BCUT2D eigenvalue weighted by molar-refractivity contribution is 0.465. The average molecular weight is 490 g/mol. The summed E-state index contributed by atoms with van der Waals surface area (Å²) in [4.78, 5) is 12.6. The van der Waals surface area contributed by atoms with Crippen molar-refractivity contribution in [3.8, 4) is 34.1 Å². The van der Waals surface area contributed by atoms with E-state index in [9.17, 15) is 0 Å².